The number of rotatable bonds is 4. The summed E-state index contributed by atoms with van der Waals surface area (Å²) in [6.45, 7) is -0.0708. The lowest BCUT2D eigenvalue weighted by atomic mass is 10.2. The summed E-state index contributed by atoms with van der Waals surface area (Å²) in [6, 6.07) is 5.46. The lowest BCUT2D eigenvalue weighted by Gasteiger charge is -2.08. The molecular formula is C13H9F3O4. The van der Waals surface area contributed by atoms with Crippen LogP contribution >= 0.6 is 0 Å². The number of aromatic carboxylic acids is 1. The molecule has 0 bridgehead atoms. The smallest absolute Gasteiger partial charge is 0.416 e. The zero-order valence-corrected chi connectivity index (χ0v) is 9.98. The number of alkyl halides is 3. The molecule has 2 aromatic rings. The van der Waals surface area contributed by atoms with E-state index in [4.69, 9.17) is 14.3 Å². The molecular weight excluding hydrogens is 277 g/mol. The minimum Gasteiger partial charge on any atom is -0.486 e. The molecule has 7 heteroatoms. The minimum atomic E-state index is -4.39. The normalized spacial score (nSPS) is 11.3. The van der Waals surface area contributed by atoms with Crippen LogP contribution in [0.2, 0.25) is 0 Å². The van der Waals surface area contributed by atoms with Gasteiger partial charge in [0.2, 0.25) is 0 Å². The highest BCUT2D eigenvalue weighted by molar-refractivity contribution is 5.87. The largest absolute Gasteiger partial charge is 0.486 e. The molecule has 0 radical (unpaired) electrons. The molecule has 0 atom stereocenters. The van der Waals surface area contributed by atoms with E-state index in [1.165, 1.54) is 18.2 Å². The Bertz CT molecular complexity index is 599. The molecule has 20 heavy (non-hydrogen) atoms. The van der Waals surface area contributed by atoms with Gasteiger partial charge >= 0.3 is 12.1 Å². The van der Waals surface area contributed by atoms with Crippen molar-refractivity contribution in [3.05, 3.63) is 53.5 Å². The molecule has 1 heterocycles. The fraction of sp³-hybridized carbons (Fsp3) is 0.154. The van der Waals surface area contributed by atoms with Crippen LogP contribution in [0.15, 0.2) is 41.0 Å². The highest BCUT2D eigenvalue weighted by Gasteiger charge is 2.30. The number of halogens is 3. The Hall–Kier alpha value is -2.44. The van der Waals surface area contributed by atoms with Crippen LogP contribution in [-0.4, -0.2) is 11.1 Å². The standard InChI is InChI=1S/C13H9F3O4/c14-13(15,16)9-1-3-10(4-2-9)20-7-11-5-8(6-19-11)12(17)18/h1-6H,7H2,(H,17,18). The molecule has 106 valence electrons. The Labute approximate surface area is 111 Å². The molecule has 0 spiro atoms. The lowest BCUT2D eigenvalue weighted by Crippen LogP contribution is -2.04. The van der Waals surface area contributed by atoms with Gasteiger partial charge in [0.25, 0.3) is 0 Å². The number of ether oxygens (including phenoxy) is 1. The van der Waals surface area contributed by atoms with Crippen molar-refractivity contribution in [1.82, 2.24) is 0 Å². The average molecular weight is 286 g/mol. The quantitative estimate of drug-likeness (QED) is 0.933. The Morgan fingerprint density at radius 2 is 1.90 bits per heavy atom. The molecule has 0 aliphatic rings. The van der Waals surface area contributed by atoms with Crippen LogP contribution in [0.1, 0.15) is 21.7 Å². The number of furan rings is 1. The maximum atomic E-state index is 12.3. The number of hydrogen-bond acceptors (Lipinski definition) is 3. The molecule has 0 unspecified atom stereocenters. The van der Waals surface area contributed by atoms with Gasteiger partial charge in [-0.25, -0.2) is 4.79 Å². The molecule has 0 aliphatic carbocycles. The van der Waals surface area contributed by atoms with E-state index in [0.29, 0.717) is 0 Å². The van der Waals surface area contributed by atoms with Crippen LogP contribution in [0.3, 0.4) is 0 Å². The van der Waals surface area contributed by atoms with Gasteiger partial charge in [-0.3, -0.25) is 0 Å². The summed E-state index contributed by atoms with van der Waals surface area (Å²) in [4.78, 5) is 10.6. The van der Waals surface area contributed by atoms with Crippen molar-refractivity contribution in [1.29, 1.82) is 0 Å². The highest BCUT2D eigenvalue weighted by atomic mass is 19.4. The van der Waals surface area contributed by atoms with Crippen LogP contribution in [0.25, 0.3) is 0 Å². The van der Waals surface area contributed by atoms with Crippen molar-refractivity contribution in [3.63, 3.8) is 0 Å². The third-order valence-corrected chi connectivity index (χ3v) is 2.46. The van der Waals surface area contributed by atoms with E-state index in [2.05, 4.69) is 0 Å². The summed E-state index contributed by atoms with van der Waals surface area (Å²) in [6.07, 6.45) is -3.33. The first-order chi connectivity index (χ1) is 9.36. The number of benzene rings is 1. The zero-order chi connectivity index (χ0) is 14.8. The molecule has 0 saturated carbocycles. The Balaban J connectivity index is 1.98. The third kappa shape index (κ3) is 3.31. The molecule has 0 amide bonds. The molecule has 2 rings (SSSR count). The molecule has 0 saturated heterocycles. The molecule has 0 fully saturated rings. The molecule has 1 N–H and O–H groups in total. The predicted octanol–water partition coefficient (Wildman–Crippen LogP) is 3.58. The van der Waals surface area contributed by atoms with Gasteiger partial charge in [0.1, 0.15) is 24.4 Å². The summed E-state index contributed by atoms with van der Waals surface area (Å²) in [5.41, 5.74) is -0.785. The Morgan fingerprint density at radius 1 is 1.25 bits per heavy atom. The van der Waals surface area contributed by atoms with Crippen LogP contribution in [0, 0.1) is 0 Å². The Kier molecular flexibility index (Phi) is 3.69. The van der Waals surface area contributed by atoms with E-state index in [0.717, 1.165) is 18.4 Å². The molecule has 0 aliphatic heterocycles. The fourth-order valence-corrected chi connectivity index (χ4v) is 1.46. The van der Waals surface area contributed by atoms with E-state index in [1.807, 2.05) is 0 Å². The first kappa shape index (κ1) is 14.0. The van der Waals surface area contributed by atoms with Gasteiger partial charge in [0, 0.05) is 0 Å². The maximum Gasteiger partial charge on any atom is 0.416 e. The molecule has 1 aromatic heterocycles. The van der Waals surface area contributed by atoms with Gasteiger partial charge in [0.15, 0.2) is 0 Å². The lowest BCUT2D eigenvalue weighted by molar-refractivity contribution is -0.137. The summed E-state index contributed by atoms with van der Waals surface area (Å²) >= 11 is 0. The van der Waals surface area contributed by atoms with Crippen molar-refractivity contribution in [2.75, 3.05) is 0 Å². The van der Waals surface area contributed by atoms with Crippen molar-refractivity contribution in [2.45, 2.75) is 12.8 Å². The van der Waals surface area contributed by atoms with Crippen LogP contribution in [0.5, 0.6) is 5.75 Å². The second-order valence-corrected chi connectivity index (χ2v) is 3.92. The topological polar surface area (TPSA) is 59.7 Å². The monoisotopic (exact) mass is 286 g/mol. The second-order valence-electron chi connectivity index (χ2n) is 3.92. The predicted molar refractivity (Wildman–Crippen MR) is 61.4 cm³/mol. The van der Waals surface area contributed by atoms with E-state index < -0.39 is 17.7 Å². The van der Waals surface area contributed by atoms with Gasteiger partial charge in [-0.1, -0.05) is 0 Å². The van der Waals surface area contributed by atoms with E-state index in [9.17, 15) is 18.0 Å². The molecule has 1 aromatic carbocycles. The molecule has 4 nitrogen and oxygen atoms in total. The number of carboxylic acids is 1. The van der Waals surface area contributed by atoms with Crippen molar-refractivity contribution >= 4 is 5.97 Å². The summed E-state index contributed by atoms with van der Waals surface area (Å²) in [7, 11) is 0. The number of carbonyl (C=O) groups is 1. The summed E-state index contributed by atoms with van der Waals surface area (Å²) < 4.78 is 47.2. The van der Waals surface area contributed by atoms with E-state index in [1.54, 1.807) is 0 Å². The van der Waals surface area contributed by atoms with Crippen LogP contribution in [-0.2, 0) is 12.8 Å². The summed E-state index contributed by atoms with van der Waals surface area (Å²) in [5, 5.41) is 8.68. The number of hydrogen-bond donors (Lipinski definition) is 1. The van der Waals surface area contributed by atoms with E-state index >= 15 is 0 Å². The van der Waals surface area contributed by atoms with Crippen molar-refractivity contribution < 1.29 is 32.2 Å². The minimum absolute atomic E-state index is 0.0176. The number of carboxylic acid groups (broad SMARTS) is 1. The van der Waals surface area contributed by atoms with Crippen LogP contribution in [0.4, 0.5) is 13.2 Å². The highest BCUT2D eigenvalue weighted by Crippen LogP contribution is 2.30. The van der Waals surface area contributed by atoms with Gasteiger partial charge in [0.05, 0.1) is 11.1 Å². The van der Waals surface area contributed by atoms with Crippen molar-refractivity contribution in [3.8, 4) is 5.75 Å². The SMILES string of the molecule is O=C(O)c1coc(COc2ccc(C(F)(F)F)cc2)c1. The van der Waals surface area contributed by atoms with Gasteiger partial charge in [-0.05, 0) is 30.3 Å². The van der Waals surface area contributed by atoms with Crippen molar-refractivity contribution in [2.24, 2.45) is 0 Å². The van der Waals surface area contributed by atoms with Crippen LogP contribution < -0.4 is 4.74 Å². The first-order valence-corrected chi connectivity index (χ1v) is 5.47. The fourth-order valence-electron chi connectivity index (χ4n) is 1.46. The maximum absolute atomic E-state index is 12.3. The average Bonchev–Trinajstić information content (AvgIpc) is 2.85. The van der Waals surface area contributed by atoms with Gasteiger partial charge in [-0.15, -0.1) is 0 Å². The van der Waals surface area contributed by atoms with Gasteiger partial charge in [-0.2, -0.15) is 13.2 Å². The summed E-state index contributed by atoms with van der Waals surface area (Å²) in [5.74, 6) is -0.636. The van der Waals surface area contributed by atoms with E-state index in [-0.39, 0.29) is 23.7 Å². The first-order valence-electron chi connectivity index (χ1n) is 5.47. The van der Waals surface area contributed by atoms with Gasteiger partial charge < -0.3 is 14.3 Å². The zero-order valence-electron chi connectivity index (χ0n) is 9.98. The third-order valence-electron chi connectivity index (χ3n) is 2.46. The Morgan fingerprint density at radius 3 is 2.40 bits per heavy atom. The second kappa shape index (κ2) is 5.28.